The first kappa shape index (κ1) is 11.5. The zero-order valence-electron chi connectivity index (χ0n) is 4.91. The minimum absolute atomic E-state index is 0. The maximum Gasteiger partial charge on any atom is 1.00 e. The van der Waals surface area contributed by atoms with Gasteiger partial charge in [-0.1, -0.05) is 0 Å². The van der Waals surface area contributed by atoms with Crippen molar-refractivity contribution in [2.24, 2.45) is 0 Å². The van der Waals surface area contributed by atoms with Gasteiger partial charge >= 0.3 is 29.6 Å². The van der Waals surface area contributed by atoms with Crippen LogP contribution in [0, 0.1) is 0 Å². The van der Waals surface area contributed by atoms with Crippen LogP contribution in [0.4, 0.5) is 0 Å². The van der Waals surface area contributed by atoms with Crippen molar-refractivity contribution in [1.29, 1.82) is 0 Å². The molecule has 2 nitrogen and oxygen atoms in total. The van der Waals surface area contributed by atoms with Gasteiger partial charge in [0.2, 0.25) is 5.91 Å². The van der Waals surface area contributed by atoms with E-state index in [-0.39, 0.29) is 47.9 Å². The summed E-state index contributed by atoms with van der Waals surface area (Å²) in [6, 6.07) is 0. The topological polar surface area (TPSA) is 29.1 Å². The minimum atomic E-state index is 0. The van der Waals surface area contributed by atoms with Crippen LogP contribution in [-0.4, -0.2) is 12.5 Å². The molecule has 4 heteroatoms. The Morgan fingerprint density at radius 1 is 1.50 bits per heavy atom. The van der Waals surface area contributed by atoms with Crippen LogP contribution in [0.25, 0.3) is 0 Å². The van der Waals surface area contributed by atoms with Crippen molar-refractivity contribution in [2.45, 2.75) is 12.8 Å². The molecule has 0 aromatic carbocycles. The van der Waals surface area contributed by atoms with Crippen LogP contribution in [0.5, 0.6) is 0 Å². The molecule has 1 saturated heterocycles. The van der Waals surface area contributed by atoms with Crippen LogP contribution in [0.2, 0.25) is 0 Å². The van der Waals surface area contributed by atoms with Gasteiger partial charge in [-0.3, -0.25) is 4.79 Å². The van der Waals surface area contributed by atoms with E-state index >= 15 is 0 Å². The average molecular weight is 144 g/mol. The van der Waals surface area contributed by atoms with Gasteiger partial charge in [-0.25, -0.2) is 0 Å². The number of carbonyl (C=O) groups is 1. The third-order valence-electron chi connectivity index (χ3n) is 0.903. The summed E-state index contributed by atoms with van der Waals surface area (Å²) in [5.74, 6) is 0.204. The molecule has 0 saturated carbocycles. The van der Waals surface area contributed by atoms with Crippen molar-refractivity contribution in [3.8, 4) is 0 Å². The predicted octanol–water partition coefficient (Wildman–Crippen LogP) is -6.10. The van der Waals surface area contributed by atoms with Crippen molar-refractivity contribution in [3.05, 3.63) is 0 Å². The molecule has 0 radical (unpaired) electrons. The summed E-state index contributed by atoms with van der Waals surface area (Å²) >= 11 is 0. The zero-order chi connectivity index (χ0) is 4.41. The zero-order valence-corrected chi connectivity index (χ0v) is 7.66. The molecule has 1 amide bonds. The van der Waals surface area contributed by atoms with Gasteiger partial charge in [-0.05, 0) is 6.42 Å². The summed E-state index contributed by atoms with van der Waals surface area (Å²) in [6.07, 6.45) is 1.76. The molecule has 0 aromatic heterocycles. The number of halogens is 1. The first-order chi connectivity index (χ1) is 2.89. The second-order valence-corrected chi connectivity index (χ2v) is 1.45. The summed E-state index contributed by atoms with van der Waals surface area (Å²) in [5.41, 5.74) is 0. The Bertz CT molecular complexity index is 70.4. The molecule has 0 unspecified atom stereocenters. The molecule has 1 aliphatic heterocycles. The molecule has 1 heterocycles. The molecule has 8 heavy (non-hydrogen) atoms. The van der Waals surface area contributed by atoms with Gasteiger partial charge in [0.1, 0.15) is 0 Å². The molecule has 1 rings (SSSR count). The van der Waals surface area contributed by atoms with Crippen LogP contribution >= 0.6 is 0 Å². The van der Waals surface area contributed by atoms with Crippen molar-refractivity contribution in [1.82, 2.24) is 5.32 Å². The van der Waals surface area contributed by atoms with E-state index in [1.807, 2.05) is 0 Å². The molecule has 42 valence electrons. The standard InChI is InChI=1S/C4H7NO.ClH.Na/c6-4-2-1-3-5-4;;/h1-3H2,(H,5,6);1H;/q;;+1/p-1. The fourth-order valence-electron chi connectivity index (χ4n) is 0.565. The number of rotatable bonds is 0. The summed E-state index contributed by atoms with van der Waals surface area (Å²) in [6.45, 7) is 0.888. The summed E-state index contributed by atoms with van der Waals surface area (Å²) in [7, 11) is 0. The third kappa shape index (κ3) is 3.72. The first-order valence-corrected chi connectivity index (χ1v) is 2.16. The summed E-state index contributed by atoms with van der Waals surface area (Å²) < 4.78 is 0. The predicted molar refractivity (Wildman–Crippen MR) is 22.2 cm³/mol. The van der Waals surface area contributed by atoms with Gasteiger partial charge in [0.15, 0.2) is 0 Å². The third-order valence-corrected chi connectivity index (χ3v) is 0.903. The monoisotopic (exact) mass is 143 g/mol. The average Bonchev–Trinajstić information content (AvgIpc) is 1.86. The minimum Gasteiger partial charge on any atom is -1.00 e. The second kappa shape index (κ2) is 5.89. The van der Waals surface area contributed by atoms with E-state index in [1.54, 1.807) is 0 Å². The molecular weight excluding hydrogens is 136 g/mol. The quantitative estimate of drug-likeness (QED) is 0.336. The number of hydrogen-bond donors (Lipinski definition) is 1. The van der Waals surface area contributed by atoms with E-state index < -0.39 is 0 Å². The Labute approximate surface area is 77.1 Å². The van der Waals surface area contributed by atoms with E-state index in [0.717, 1.165) is 19.4 Å². The Morgan fingerprint density at radius 3 is 2.25 bits per heavy atom. The Hall–Kier alpha value is 0.760. The van der Waals surface area contributed by atoms with Crippen LogP contribution < -0.4 is 47.3 Å². The van der Waals surface area contributed by atoms with Crippen molar-refractivity contribution >= 4 is 5.91 Å². The van der Waals surface area contributed by atoms with Gasteiger partial charge in [0, 0.05) is 13.0 Å². The van der Waals surface area contributed by atoms with Crippen molar-refractivity contribution in [3.63, 3.8) is 0 Å². The maximum absolute atomic E-state index is 10.1. The van der Waals surface area contributed by atoms with Crippen LogP contribution in [0.15, 0.2) is 0 Å². The van der Waals surface area contributed by atoms with E-state index in [2.05, 4.69) is 5.32 Å². The maximum atomic E-state index is 10.1. The molecule has 1 aliphatic rings. The van der Waals surface area contributed by atoms with Gasteiger partial charge in [0.05, 0.1) is 0 Å². The van der Waals surface area contributed by atoms with Gasteiger partial charge < -0.3 is 17.7 Å². The summed E-state index contributed by atoms with van der Waals surface area (Å²) in [4.78, 5) is 10.1. The summed E-state index contributed by atoms with van der Waals surface area (Å²) in [5, 5.41) is 2.68. The molecule has 1 fully saturated rings. The Kier molecular flexibility index (Phi) is 8.50. The van der Waals surface area contributed by atoms with E-state index in [1.165, 1.54) is 0 Å². The molecule has 1 N–H and O–H groups in total. The van der Waals surface area contributed by atoms with Gasteiger partial charge in [-0.2, -0.15) is 0 Å². The largest absolute Gasteiger partial charge is 1.00 e. The molecule has 0 aliphatic carbocycles. The number of hydrogen-bond acceptors (Lipinski definition) is 1. The van der Waals surface area contributed by atoms with E-state index in [4.69, 9.17) is 0 Å². The van der Waals surface area contributed by atoms with Gasteiger partial charge in [-0.15, -0.1) is 0 Å². The molecule has 0 spiro atoms. The normalized spacial score (nSPS) is 15.8. The van der Waals surface area contributed by atoms with Crippen LogP contribution in [0.1, 0.15) is 12.8 Å². The van der Waals surface area contributed by atoms with Gasteiger partial charge in [0.25, 0.3) is 0 Å². The van der Waals surface area contributed by atoms with Crippen molar-refractivity contribution < 1.29 is 46.8 Å². The fraction of sp³-hybridized carbons (Fsp3) is 0.750. The van der Waals surface area contributed by atoms with E-state index in [9.17, 15) is 4.79 Å². The van der Waals surface area contributed by atoms with Crippen molar-refractivity contribution in [2.75, 3.05) is 6.54 Å². The van der Waals surface area contributed by atoms with Crippen LogP contribution in [0.3, 0.4) is 0 Å². The first-order valence-electron chi connectivity index (χ1n) is 2.16. The molecular formula is C4H7ClNNaO. The Morgan fingerprint density at radius 2 is 2.12 bits per heavy atom. The number of amides is 1. The molecule has 0 atom stereocenters. The van der Waals surface area contributed by atoms with Crippen LogP contribution in [-0.2, 0) is 4.79 Å². The molecule has 0 bridgehead atoms. The number of carbonyl (C=O) groups excluding carboxylic acids is 1. The molecule has 0 aromatic rings. The SMILES string of the molecule is O=C1CCCN1.[Cl-].[Na+]. The Balaban J connectivity index is 0. The van der Waals surface area contributed by atoms with E-state index in [0.29, 0.717) is 0 Å². The fourth-order valence-corrected chi connectivity index (χ4v) is 0.565. The smallest absolute Gasteiger partial charge is 1.00 e. The number of nitrogens with one attached hydrogen (secondary N) is 1. The second-order valence-electron chi connectivity index (χ2n) is 1.45.